The Morgan fingerprint density at radius 3 is 1.90 bits per heavy atom. The van der Waals surface area contributed by atoms with Crippen LogP contribution in [0.2, 0.25) is 0 Å². The molecule has 2 aromatic rings. The van der Waals surface area contributed by atoms with Gasteiger partial charge < -0.3 is 10.0 Å². The van der Waals surface area contributed by atoms with Gasteiger partial charge in [0.25, 0.3) is 0 Å². The van der Waals surface area contributed by atoms with E-state index in [9.17, 15) is 23.1 Å². The summed E-state index contributed by atoms with van der Waals surface area (Å²) in [7, 11) is 0. The van der Waals surface area contributed by atoms with Crippen LogP contribution in [0.1, 0.15) is 30.4 Å². The lowest BCUT2D eigenvalue weighted by Crippen LogP contribution is -2.41. The highest BCUT2D eigenvalue weighted by molar-refractivity contribution is 5.85. The maximum Gasteiger partial charge on any atom is 0.416 e. The van der Waals surface area contributed by atoms with Gasteiger partial charge in [-0.15, -0.1) is 0 Å². The second-order valence-corrected chi connectivity index (χ2v) is 7.47. The Bertz CT molecular complexity index is 763. The van der Waals surface area contributed by atoms with E-state index in [1.165, 1.54) is 51.0 Å². The van der Waals surface area contributed by atoms with Crippen LogP contribution >= 0.6 is 0 Å². The van der Waals surface area contributed by atoms with E-state index >= 15 is 0 Å². The zero-order chi connectivity index (χ0) is 20.9. The number of nitrogens with zero attached hydrogens (tertiary/aromatic N) is 2. The van der Waals surface area contributed by atoms with E-state index in [-0.39, 0.29) is 6.54 Å². The van der Waals surface area contributed by atoms with Crippen molar-refractivity contribution in [2.45, 2.75) is 32.0 Å². The topological polar surface area (TPSA) is 43.8 Å². The SMILES string of the molecule is C1CN2CCC1CC2.O=C(O)N(Cc1ccc(C(F)(F)F)cc1)c1ccccc1. The van der Waals surface area contributed by atoms with Crippen LogP contribution < -0.4 is 4.90 Å². The van der Waals surface area contributed by atoms with Gasteiger partial charge in [-0.3, -0.25) is 4.90 Å². The summed E-state index contributed by atoms with van der Waals surface area (Å²) < 4.78 is 37.4. The standard InChI is InChI=1S/C15H12F3NO2.C7H13N/c16-15(17,18)12-8-6-11(7-9-12)10-19(14(20)21)13-4-2-1-3-5-13;1-4-8-5-2-7(1)3-6-8/h1-9H,10H2,(H,20,21);7H,1-6H2. The molecule has 5 rings (SSSR count). The number of halogens is 3. The van der Waals surface area contributed by atoms with E-state index in [4.69, 9.17) is 0 Å². The molecule has 0 radical (unpaired) electrons. The van der Waals surface area contributed by atoms with E-state index in [0.29, 0.717) is 11.3 Å². The minimum Gasteiger partial charge on any atom is -0.465 e. The summed E-state index contributed by atoms with van der Waals surface area (Å²) in [6.07, 6.45) is -1.11. The third kappa shape index (κ3) is 5.97. The summed E-state index contributed by atoms with van der Waals surface area (Å²) in [6.45, 7) is 4.16. The fourth-order valence-corrected chi connectivity index (χ4v) is 3.72. The molecular formula is C22H25F3N2O2. The van der Waals surface area contributed by atoms with E-state index < -0.39 is 17.8 Å². The van der Waals surface area contributed by atoms with Gasteiger partial charge in [0.05, 0.1) is 12.1 Å². The van der Waals surface area contributed by atoms with Crippen LogP contribution in [-0.2, 0) is 12.7 Å². The van der Waals surface area contributed by atoms with Crippen molar-refractivity contribution in [1.29, 1.82) is 0 Å². The number of fused-ring (bicyclic) bond motifs is 3. The van der Waals surface area contributed by atoms with Gasteiger partial charge >= 0.3 is 12.3 Å². The molecule has 0 saturated carbocycles. The highest BCUT2D eigenvalue weighted by Crippen LogP contribution is 2.29. The first kappa shape index (κ1) is 21.2. The number of piperidine rings is 3. The van der Waals surface area contributed by atoms with E-state index in [2.05, 4.69) is 4.90 Å². The molecule has 4 nitrogen and oxygen atoms in total. The highest BCUT2D eigenvalue weighted by Gasteiger charge is 2.30. The second-order valence-electron chi connectivity index (χ2n) is 7.47. The maximum absolute atomic E-state index is 12.5. The van der Waals surface area contributed by atoms with Gasteiger partial charge in [-0.05, 0) is 74.6 Å². The zero-order valence-corrected chi connectivity index (χ0v) is 16.1. The summed E-state index contributed by atoms with van der Waals surface area (Å²) in [5.41, 5.74) is 0.187. The molecule has 0 aliphatic carbocycles. The van der Waals surface area contributed by atoms with Gasteiger partial charge in [0.2, 0.25) is 0 Å². The Morgan fingerprint density at radius 1 is 0.966 bits per heavy atom. The van der Waals surface area contributed by atoms with Crippen LogP contribution in [0.3, 0.4) is 0 Å². The molecule has 0 spiro atoms. The molecule has 3 saturated heterocycles. The molecule has 156 valence electrons. The number of hydrogen-bond donors (Lipinski definition) is 1. The molecule has 29 heavy (non-hydrogen) atoms. The van der Waals surface area contributed by atoms with Crippen molar-refractivity contribution in [2.24, 2.45) is 5.92 Å². The quantitative estimate of drug-likeness (QED) is 0.733. The largest absolute Gasteiger partial charge is 0.465 e. The van der Waals surface area contributed by atoms with Gasteiger partial charge in [-0.1, -0.05) is 30.3 Å². The number of carbonyl (C=O) groups is 1. The van der Waals surface area contributed by atoms with Crippen molar-refractivity contribution >= 4 is 11.8 Å². The summed E-state index contributed by atoms with van der Waals surface area (Å²) in [5.74, 6) is 1.11. The molecule has 2 aromatic carbocycles. The minimum absolute atomic E-state index is 0.0164. The summed E-state index contributed by atoms with van der Waals surface area (Å²) >= 11 is 0. The first-order valence-electron chi connectivity index (χ1n) is 9.77. The molecule has 7 heteroatoms. The van der Waals surface area contributed by atoms with Crippen LogP contribution in [0, 0.1) is 5.92 Å². The van der Waals surface area contributed by atoms with Crippen LogP contribution in [0.5, 0.6) is 0 Å². The molecule has 3 aliphatic rings. The molecule has 3 heterocycles. The lowest BCUT2D eigenvalue weighted by Gasteiger charge is -2.38. The maximum atomic E-state index is 12.5. The van der Waals surface area contributed by atoms with Gasteiger partial charge in [0, 0.05) is 5.69 Å². The molecule has 2 bridgehead atoms. The number of anilines is 1. The van der Waals surface area contributed by atoms with E-state index in [0.717, 1.165) is 23.0 Å². The first-order valence-corrected chi connectivity index (χ1v) is 9.77. The van der Waals surface area contributed by atoms with Crippen molar-refractivity contribution in [3.63, 3.8) is 0 Å². The average molecular weight is 406 g/mol. The van der Waals surface area contributed by atoms with Crippen LogP contribution in [0.15, 0.2) is 54.6 Å². The third-order valence-corrected chi connectivity index (χ3v) is 5.48. The predicted molar refractivity (Wildman–Crippen MR) is 106 cm³/mol. The Balaban J connectivity index is 0.000000246. The van der Waals surface area contributed by atoms with Gasteiger partial charge in [-0.25, -0.2) is 4.79 Å². The third-order valence-electron chi connectivity index (χ3n) is 5.48. The average Bonchev–Trinajstić information content (AvgIpc) is 2.74. The lowest BCUT2D eigenvalue weighted by molar-refractivity contribution is -0.137. The molecular weight excluding hydrogens is 381 g/mol. The molecule has 0 atom stereocenters. The van der Waals surface area contributed by atoms with E-state index in [1.54, 1.807) is 30.3 Å². The second kappa shape index (κ2) is 9.31. The van der Waals surface area contributed by atoms with Crippen LogP contribution in [0.4, 0.5) is 23.7 Å². The number of carboxylic acid groups (broad SMARTS) is 1. The van der Waals surface area contributed by atoms with E-state index in [1.807, 2.05) is 0 Å². The monoisotopic (exact) mass is 406 g/mol. The van der Waals surface area contributed by atoms with Gasteiger partial charge in [0.1, 0.15) is 0 Å². The summed E-state index contributed by atoms with van der Waals surface area (Å²) in [4.78, 5) is 14.9. The fraction of sp³-hybridized carbons (Fsp3) is 0.409. The lowest BCUT2D eigenvalue weighted by atomic mass is 9.89. The summed E-state index contributed by atoms with van der Waals surface area (Å²) in [5, 5.41) is 9.22. The number of rotatable bonds is 3. The normalized spacial score (nSPS) is 20.5. The first-order chi connectivity index (χ1) is 13.8. The van der Waals surface area contributed by atoms with Crippen molar-refractivity contribution in [1.82, 2.24) is 4.90 Å². The number of amides is 1. The Morgan fingerprint density at radius 2 is 1.52 bits per heavy atom. The Labute approximate surface area is 168 Å². The van der Waals surface area contributed by atoms with Crippen molar-refractivity contribution in [2.75, 3.05) is 24.5 Å². The van der Waals surface area contributed by atoms with Crippen molar-refractivity contribution < 1.29 is 23.1 Å². The molecule has 3 fully saturated rings. The number of alkyl halides is 3. The smallest absolute Gasteiger partial charge is 0.416 e. The number of hydrogen-bond acceptors (Lipinski definition) is 2. The Hall–Kier alpha value is -2.54. The Kier molecular flexibility index (Phi) is 6.79. The molecule has 0 unspecified atom stereocenters. The van der Waals surface area contributed by atoms with Crippen molar-refractivity contribution in [3.05, 3.63) is 65.7 Å². The highest BCUT2D eigenvalue weighted by atomic mass is 19.4. The minimum atomic E-state index is -4.40. The predicted octanol–water partition coefficient (Wildman–Crippen LogP) is 5.49. The molecule has 1 N–H and O–H groups in total. The van der Waals surface area contributed by atoms with Crippen LogP contribution in [-0.4, -0.2) is 35.7 Å². The fourth-order valence-electron chi connectivity index (χ4n) is 3.72. The molecule has 0 aromatic heterocycles. The van der Waals surface area contributed by atoms with Gasteiger partial charge in [0.15, 0.2) is 0 Å². The van der Waals surface area contributed by atoms with Gasteiger partial charge in [-0.2, -0.15) is 13.2 Å². The molecule has 1 amide bonds. The van der Waals surface area contributed by atoms with Crippen LogP contribution in [0.25, 0.3) is 0 Å². The number of benzene rings is 2. The van der Waals surface area contributed by atoms with Crippen molar-refractivity contribution in [3.8, 4) is 0 Å². The zero-order valence-electron chi connectivity index (χ0n) is 16.1. The molecule has 3 aliphatic heterocycles. The summed E-state index contributed by atoms with van der Waals surface area (Å²) in [6, 6.07) is 12.8. The number of para-hydroxylation sites is 1.